The molecule has 0 radical (unpaired) electrons. The second kappa shape index (κ2) is 18.0. The number of benzene rings is 2. The number of hydrogen-bond acceptors (Lipinski definition) is 10. The number of thiazole rings is 1. The van der Waals surface area contributed by atoms with Gasteiger partial charge in [-0.15, -0.1) is 11.3 Å². The van der Waals surface area contributed by atoms with E-state index in [-0.39, 0.29) is 41.7 Å². The zero-order valence-electron chi connectivity index (χ0n) is 35.9. The van der Waals surface area contributed by atoms with E-state index >= 15 is 0 Å². The highest BCUT2D eigenvalue weighted by Crippen LogP contribution is 2.42. The molecule has 0 spiro atoms. The molecule has 3 amide bonds. The van der Waals surface area contributed by atoms with E-state index in [1.165, 1.54) is 11.0 Å². The first-order valence-electron chi connectivity index (χ1n) is 21.9. The molecule has 2 N–H and O–H groups in total. The summed E-state index contributed by atoms with van der Waals surface area (Å²) < 4.78 is 46.8. The van der Waals surface area contributed by atoms with Gasteiger partial charge in [0.25, 0.3) is 17.7 Å². The van der Waals surface area contributed by atoms with Crippen LogP contribution in [0.3, 0.4) is 0 Å². The number of rotatable bonds is 14. The number of ether oxygens (including phenoxy) is 1. The predicted octanol–water partition coefficient (Wildman–Crippen LogP) is 9.10. The number of fused-ring (bicyclic) bond motifs is 2. The molecule has 1 atom stereocenters. The fraction of sp³-hybridized carbons (Fsp3) is 0.500. The summed E-state index contributed by atoms with van der Waals surface area (Å²) >= 11 is 1.54. The molecule has 334 valence electrons. The number of allylic oxidation sites excluding steroid dienone is 1. The summed E-state index contributed by atoms with van der Waals surface area (Å²) in [7, 11) is 2.16. The lowest BCUT2D eigenvalue weighted by Crippen LogP contribution is -2.46. The maximum absolute atomic E-state index is 13.6. The summed E-state index contributed by atoms with van der Waals surface area (Å²) in [6, 6.07) is 11.4. The molecule has 15 heteroatoms. The number of Topliss-reactive ketones (excluding diaryl/α,β-unsaturated/α-hetero) is 1. The normalized spacial score (nSPS) is 23.1. The summed E-state index contributed by atoms with van der Waals surface area (Å²) in [6.45, 7) is 9.69. The molecule has 3 heterocycles. The van der Waals surface area contributed by atoms with Crippen LogP contribution in [0.5, 0.6) is 0 Å². The van der Waals surface area contributed by atoms with Gasteiger partial charge in [-0.05, 0) is 133 Å². The Hall–Kier alpha value is -4.83. The summed E-state index contributed by atoms with van der Waals surface area (Å²) in [5.41, 5.74) is 1.07. The fourth-order valence-corrected chi connectivity index (χ4v) is 10.9. The quantitative estimate of drug-likeness (QED) is 0.0721. The maximum Gasteiger partial charge on any atom is 0.433 e. The third kappa shape index (κ3) is 9.81. The summed E-state index contributed by atoms with van der Waals surface area (Å²) in [5, 5.41) is 14.7. The third-order valence-corrected chi connectivity index (χ3v) is 14.3. The number of nitrogens with one attached hydrogen (secondary N) is 1. The first-order chi connectivity index (χ1) is 29.9. The first kappa shape index (κ1) is 44.8. The van der Waals surface area contributed by atoms with Crippen LogP contribution in [0.1, 0.15) is 137 Å². The van der Waals surface area contributed by atoms with E-state index in [0.29, 0.717) is 65.6 Å². The van der Waals surface area contributed by atoms with Gasteiger partial charge in [0, 0.05) is 43.3 Å². The van der Waals surface area contributed by atoms with Crippen molar-refractivity contribution in [3.05, 3.63) is 99.3 Å². The number of halogens is 3. The van der Waals surface area contributed by atoms with Gasteiger partial charge in [0.15, 0.2) is 5.78 Å². The molecule has 3 aliphatic carbocycles. The fourth-order valence-electron chi connectivity index (χ4n) is 9.73. The van der Waals surface area contributed by atoms with E-state index in [2.05, 4.69) is 28.8 Å². The monoisotopic (exact) mass is 885 g/mol. The van der Waals surface area contributed by atoms with Gasteiger partial charge in [-0.3, -0.25) is 24.1 Å². The van der Waals surface area contributed by atoms with Gasteiger partial charge in [0.1, 0.15) is 11.4 Å². The number of hydrogen-bond donors (Lipinski definition) is 2. The van der Waals surface area contributed by atoms with Crippen molar-refractivity contribution in [2.75, 3.05) is 32.1 Å². The van der Waals surface area contributed by atoms with Crippen LogP contribution in [0.2, 0.25) is 0 Å². The molecule has 2 aromatic carbocycles. The molecule has 63 heavy (non-hydrogen) atoms. The molecule has 1 unspecified atom stereocenters. The molecule has 3 saturated carbocycles. The summed E-state index contributed by atoms with van der Waals surface area (Å²) in [4.78, 5) is 64.7. The SMILES string of the molecule is C=C1CCC(N2C(=O)c3cccc(CC4CC(OCCCN(C)CC5CCC(c6nc7cc(C(C)(C)O)c(NC(=O)c8cccc(C(F)(F)F)n8)cc7s6)CC5)C4)c3C2=O)C(=O)C1. The van der Waals surface area contributed by atoms with Crippen molar-refractivity contribution in [2.24, 2.45) is 11.8 Å². The number of aliphatic hydroxyl groups is 1. The molecule has 11 nitrogen and oxygen atoms in total. The third-order valence-electron chi connectivity index (χ3n) is 13.1. The van der Waals surface area contributed by atoms with Crippen molar-refractivity contribution in [1.29, 1.82) is 0 Å². The average Bonchev–Trinajstić information content (AvgIpc) is 3.75. The molecule has 0 saturated heterocycles. The van der Waals surface area contributed by atoms with Gasteiger partial charge >= 0.3 is 6.18 Å². The number of alkyl halides is 3. The molecule has 4 aromatic rings. The van der Waals surface area contributed by atoms with Gasteiger partial charge in [-0.2, -0.15) is 13.2 Å². The van der Waals surface area contributed by atoms with E-state index in [9.17, 15) is 37.5 Å². The van der Waals surface area contributed by atoms with Crippen molar-refractivity contribution in [1.82, 2.24) is 19.8 Å². The number of carbonyl (C=O) groups is 4. The van der Waals surface area contributed by atoms with Crippen LogP contribution >= 0.6 is 11.3 Å². The van der Waals surface area contributed by atoms with Crippen molar-refractivity contribution >= 4 is 50.7 Å². The van der Waals surface area contributed by atoms with Gasteiger partial charge in [0.2, 0.25) is 0 Å². The Morgan fingerprint density at radius 3 is 2.46 bits per heavy atom. The van der Waals surface area contributed by atoms with Crippen molar-refractivity contribution < 1.29 is 42.2 Å². The van der Waals surface area contributed by atoms with Crippen molar-refractivity contribution in [3.63, 3.8) is 0 Å². The minimum absolute atomic E-state index is 0.116. The minimum atomic E-state index is -4.69. The Kier molecular flexibility index (Phi) is 12.8. The number of aromatic nitrogens is 2. The average molecular weight is 886 g/mol. The van der Waals surface area contributed by atoms with Gasteiger partial charge in [-0.1, -0.05) is 30.4 Å². The molecule has 1 aliphatic heterocycles. The molecule has 8 rings (SSSR count). The molecule has 4 aliphatic rings. The maximum atomic E-state index is 13.6. The highest BCUT2D eigenvalue weighted by atomic mass is 32.1. The lowest BCUT2D eigenvalue weighted by atomic mass is 9.77. The Morgan fingerprint density at radius 1 is 1.00 bits per heavy atom. The predicted molar refractivity (Wildman–Crippen MR) is 234 cm³/mol. The summed E-state index contributed by atoms with van der Waals surface area (Å²) in [6.07, 6.45) is 4.37. The zero-order chi connectivity index (χ0) is 44.8. The first-order valence-corrected chi connectivity index (χ1v) is 22.8. The Balaban J connectivity index is 0.768. The van der Waals surface area contributed by atoms with Gasteiger partial charge in [-0.25, -0.2) is 9.97 Å². The smallest absolute Gasteiger partial charge is 0.386 e. The largest absolute Gasteiger partial charge is 0.433 e. The molecule has 0 bridgehead atoms. The number of pyridine rings is 1. The number of nitrogens with zero attached hydrogens (tertiary/aromatic N) is 4. The van der Waals surface area contributed by atoms with Crippen LogP contribution in [0.25, 0.3) is 10.2 Å². The van der Waals surface area contributed by atoms with E-state index in [0.717, 1.165) is 91.0 Å². The highest BCUT2D eigenvalue weighted by Gasteiger charge is 2.45. The van der Waals surface area contributed by atoms with Crippen LogP contribution in [-0.2, 0) is 27.7 Å². The Labute approximate surface area is 369 Å². The number of carbonyl (C=O) groups excluding carboxylic acids is 4. The Morgan fingerprint density at radius 2 is 1.75 bits per heavy atom. The topological polar surface area (TPSA) is 142 Å². The van der Waals surface area contributed by atoms with Crippen LogP contribution in [0, 0.1) is 11.8 Å². The highest BCUT2D eigenvalue weighted by molar-refractivity contribution is 7.18. The molecule has 3 fully saturated rings. The number of amides is 3. The van der Waals surface area contributed by atoms with E-state index in [1.807, 2.05) is 12.1 Å². The van der Waals surface area contributed by atoms with Crippen molar-refractivity contribution in [3.8, 4) is 0 Å². The van der Waals surface area contributed by atoms with Crippen LogP contribution in [-0.4, -0.2) is 87.3 Å². The second-order valence-electron chi connectivity index (χ2n) is 18.5. The number of imide groups is 1. The molecule has 2 aromatic heterocycles. The van der Waals surface area contributed by atoms with Crippen LogP contribution < -0.4 is 5.32 Å². The number of ketones is 1. The lowest BCUT2D eigenvalue weighted by molar-refractivity contribution is -0.141. The zero-order valence-corrected chi connectivity index (χ0v) is 36.7. The molecular weight excluding hydrogens is 832 g/mol. The standard InChI is InChI=1S/C48H54F3N5O6S/c1-27-12-17-38(39(57)20-27)56-45(59)33-9-5-8-31(42(33)46(56)60)21-29-22-32(23-29)62-19-7-18-55(4)26-28-13-15-30(16-14-28)44-54-37-24-34(47(2,3)61)36(25-40(37)63-44)53-43(58)35-10-6-11-41(52-35)48(49,50)51/h5-6,8-11,24-25,28-30,32,38,61H,1,7,12-23,26H2,2-4H3,(H,53,58). The van der Waals surface area contributed by atoms with Crippen LogP contribution in [0.4, 0.5) is 18.9 Å². The Bertz CT molecular complexity index is 2430. The van der Waals surface area contributed by atoms with Crippen molar-refractivity contribution in [2.45, 2.75) is 114 Å². The lowest BCUT2D eigenvalue weighted by Gasteiger charge is -2.36. The van der Waals surface area contributed by atoms with Crippen LogP contribution in [0.15, 0.2) is 60.7 Å². The minimum Gasteiger partial charge on any atom is -0.386 e. The summed E-state index contributed by atoms with van der Waals surface area (Å²) in [5.74, 6) is -0.416. The van der Waals surface area contributed by atoms with E-state index in [4.69, 9.17) is 9.72 Å². The van der Waals surface area contributed by atoms with Gasteiger partial charge in [0.05, 0.1) is 44.1 Å². The van der Waals surface area contributed by atoms with E-state index < -0.39 is 29.4 Å². The molecular formula is C48H54F3N5O6S. The van der Waals surface area contributed by atoms with E-state index in [1.54, 1.807) is 43.4 Å². The second-order valence-corrected chi connectivity index (χ2v) is 19.5. The number of anilines is 1. The van der Waals surface area contributed by atoms with Gasteiger partial charge < -0.3 is 20.1 Å².